The maximum absolute atomic E-state index is 13.3. The molecule has 2 aromatic carbocycles. The summed E-state index contributed by atoms with van der Waals surface area (Å²) in [7, 11) is 2.98. The highest BCUT2D eigenvalue weighted by Gasteiger charge is 2.55. The molecule has 0 radical (unpaired) electrons. The molecule has 0 unspecified atom stereocenters. The summed E-state index contributed by atoms with van der Waals surface area (Å²) in [4.78, 5) is 31.9. The summed E-state index contributed by atoms with van der Waals surface area (Å²) in [5.74, 6) is 1.12. The van der Waals surface area contributed by atoms with Crippen molar-refractivity contribution in [2.75, 3.05) is 25.7 Å². The number of methoxy groups -OCH3 is 2. The zero-order chi connectivity index (χ0) is 24.5. The van der Waals surface area contributed by atoms with E-state index in [9.17, 15) is 9.59 Å². The molecule has 0 N–H and O–H groups in total. The van der Waals surface area contributed by atoms with Gasteiger partial charge in [0.15, 0.2) is 12.1 Å². The number of anilines is 1. The highest BCUT2D eigenvalue weighted by atomic mass is 16.5. The molecule has 1 fully saturated rings. The number of aromatic nitrogens is 2. The second kappa shape index (κ2) is 9.05. The molecule has 1 saturated heterocycles. The lowest BCUT2D eigenvalue weighted by molar-refractivity contribution is -0.123. The van der Waals surface area contributed by atoms with Crippen LogP contribution in [0.15, 0.2) is 57.3 Å². The van der Waals surface area contributed by atoms with Gasteiger partial charge in [-0.15, -0.1) is 0 Å². The van der Waals surface area contributed by atoms with E-state index in [1.807, 2.05) is 31.2 Å². The predicted octanol–water partition coefficient (Wildman–Crippen LogP) is 2.65. The third-order valence-corrected chi connectivity index (χ3v) is 5.65. The Bertz CT molecular complexity index is 1280. The van der Waals surface area contributed by atoms with Gasteiger partial charge in [-0.2, -0.15) is 10.1 Å². The van der Waals surface area contributed by atoms with Crippen molar-refractivity contribution in [2.45, 2.75) is 25.6 Å². The van der Waals surface area contributed by atoms with Crippen LogP contribution in [0.2, 0.25) is 0 Å². The van der Waals surface area contributed by atoms with Gasteiger partial charge in [0.05, 0.1) is 32.1 Å². The van der Waals surface area contributed by atoms with E-state index in [1.54, 1.807) is 18.2 Å². The van der Waals surface area contributed by atoms with E-state index in [0.29, 0.717) is 40.9 Å². The van der Waals surface area contributed by atoms with E-state index in [1.165, 1.54) is 19.2 Å². The molecule has 3 aromatic rings. The highest BCUT2D eigenvalue weighted by Crippen LogP contribution is 2.36. The largest absolute Gasteiger partial charge is 0.497 e. The van der Waals surface area contributed by atoms with Crippen LogP contribution < -0.4 is 19.1 Å². The Labute approximate surface area is 200 Å². The fourth-order valence-electron chi connectivity index (χ4n) is 4.03. The number of carbonyl (C=O) groups excluding carboxylic acids is 2. The van der Waals surface area contributed by atoms with Gasteiger partial charge < -0.3 is 18.7 Å². The van der Waals surface area contributed by atoms with Crippen molar-refractivity contribution in [3.63, 3.8) is 0 Å². The topological polar surface area (TPSA) is 132 Å². The average Bonchev–Trinajstić information content (AvgIpc) is 3.57. The first-order valence-corrected chi connectivity index (χ1v) is 10.9. The van der Waals surface area contributed by atoms with Gasteiger partial charge in [-0.1, -0.05) is 22.5 Å². The van der Waals surface area contributed by atoms with Crippen molar-refractivity contribution in [3.05, 3.63) is 48.4 Å². The number of hydrogen-bond donors (Lipinski definition) is 0. The van der Waals surface area contributed by atoms with Gasteiger partial charge in [0.2, 0.25) is 11.7 Å². The van der Waals surface area contributed by atoms with Crippen LogP contribution in [-0.4, -0.2) is 59.9 Å². The lowest BCUT2D eigenvalue weighted by Crippen LogP contribution is -2.39. The number of nitrogens with zero attached hydrogens (tertiary/aromatic N) is 6. The molecule has 0 spiro atoms. The van der Waals surface area contributed by atoms with Gasteiger partial charge >= 0.3 is 0 Å². The minimum absolute atomic E-state index is 0.00274. The molecule has 35 heavy (non-hydrogen) atoms. The minimum atomic E-state index is -0.972. The number of ether oxygens (including phenoxy) is 3. The molecular formula is C23H22N6O6. The molecule has 5 rings (SSSR count). The molecule has 2 aliphatic heterocycles. The number of carbonyl (C=O) groups is 2. The molecule has 0 aliphatic carbocycles. The zero-order valence-corrected chi connectivity index (χ0v) is 19.2. The molecule has 3 heterocycles. The van der Waals surface area contributed by atoms with Gasteiger partial charge in [0.25, 0.3) is 11.8 Å². The van der Waals surface area contributed by atoms with E-state index in [2.05, 4.69) is 20.5 Å². The van der Waals surface area contributed by atoms with Crippen LogP contribution in [0.4, 0.5) is 5.69 Å². The van der Waals surface area contributed by atoms with Crippen molar-refractivity contribution in [1.82, 2.24) is 15.1 Å². The van der Waals surface area contributed by atoms with E-state index >= 15 is 0 Å². The molecular weight excluding hydrogens is 456 g/mol. The van der Waals surface area contributed by atoms with Crippen LogP contribution in [0.5, 0.6) is 17.2 Å². The second-order valence-electron chi connectivity index (χ2n) is 7.72. The van der Waals surface area contributed by atoms with Crippen molar-refractivity contribution in [3.8, 4) is 28.6 Å². The third kappa shape index (κ3) is 3.92. The van der Waals surface area contributed by atoms with Crippen LogP contribution in [0, 0.1) is 0 Å². The highest BCUT2D eigenvalue weighted by molar-refractivity contribution is 6.25. The minimum Gasteiger partial charge on any atom is -0.497 e. The monoisotopic (exact) mass is 478 g/mol. The van der Waals surface area contributed by atoms with E-state index in [0.717, 1.165) is 4.90 Å². The van der Waals surface area contributed by atoms with E-state index < -0.39 is 23.9 Å². The SMILES string of the molecule is CCOc1ccccc1-c1noc(CN2N=N[C@H]3C(=O)N(c4cc(OC)cc(OC)c4)C(=O)[C@@H]32)n1. The van der Waals surface area contributed by atoms with Gasteiger partial charge in [-0.3, -0.25) is 14.6 Å². The van der Waals surface area contributed by atoms with Crippen molar-refractivity contribution < 1.29 is 28.3 Å². The molecule has 12 nitrogen and oxygen atoms in total. The molecule has 180 valence electrons. The summed E-state index contributed by atoms with van der Waals surface area (Å²) < 4.78 is 21.6. The van der Waals surface area contributed by atoms with E-state index in [-0.39, 0.29) is 12.4 Å². The fraction of sp³-hybridized carbons (Fsp3) is 0.304. The first kappa shape index (κ1) is 22.3. The Balaban J connectivity index is 1.37. The van der Waals surface area contributed by atoms with Gasteiger partial charge in [-0.25, -0.2) is 4.90 Å². The first-order valence-electron chi connectivity index (χ1n) is 10.9. The maximum atomic E-state index is 13.3. The summed E-state index contributed by atoms with van der Waals surface area (Å²) >= 11 is 0. The van der Waals surface area contributed by atoms with Gasteiger partial charge in [0.1, 0.15) is 23.8 Å². The molecule has 0 saturated carbocycles. The maximum Gasteiger partial charge on any atom is 0.263 e. The number of fused-ring (bicyclic) bond motifs is 1. The average molecular weight is 478 g/mol. The molecule has 2 atom stereocenters. The number of para-hydroxylation sites is 1. The molecule has 2 aliphatic rings. The predicted molar refractivity (Wildman–Crippen MR) is 121 cm³/mol. The van der Waals surface area contributed by atoms with Crippen LogP contribution in [0.25, 0.3) is 11.4 Å². The quantitative estimate of drug-likeness (QED) is 0.448. The van der Waals surface area contributed by atoms with Crippen molar-refractivity contribution in [1.29, 1.82) is 0 Å². The van der Waals surface area contributed by atoms with Crippen LogP contribution >= 0.6 is 0 Å². The number of rotatable bonds is 8. The molecule has 0 bridgehead atoms. The van der Waals surface area contributed by atoms with E-state index in [4.69, 9.17) is 18.7 Å². The zero-order valence-electron chi connectivity index (χ0n) is 19.2. The smallest absolute Gasteiger partial charge is 0.263 e. The van der Waals surface area contributed by atoms with Gasteiger partial charge in [-0.05, 0) is 19.1 Å². The lowest BCUT2D eigenvalue weighted by Gasteiger charge is -2.20. The lowest BCUT2D eigenvalue weighted by atomic mass is 10.1. The number of amides is 2. The van der Waals surface area contributed by atoms with Crippen LogP contribution in [0.3, 0.4) is 0 Å². The first-order chi connectivity index (χ1) is 17.0. The second-order valence-corrected chi connectivity index (χ2v) is 7.72. The summed E-state index contributed by atoms with van der Waals surface area (Å²) in [6, 6.07) is 10.3. The standard InChI is InChI=1S/C23H22N6O6/c1-4-34-17-8-6-5-7-16(17)21-24-18(35-26-21)12-28-20-19(25-27-28)22(30)29(23(20)31)13-9-14(32-2)11-15(10-13)33-3/h5-11,19-20H,4,12H2,1-3H3/t19-,20-/m1/s1. The van der Waals surface area contributed by atoms with Crippen LogP contribution in [0.1, 0.15) is 12.8 Å². The van der Waals surface area contributed by atoms with Crippen LogP contribution in [-0.2, 0) is 16.1 Å². The molecule has 12 heteroatoms. The Kier molecular flexibility index (Phi) is 5.77. The Hall–Kier alpha value is -4.48. The number of imide groups is 1. The normalized spacial score (nSPS) is 18.8. The summed E-state index contributed by atoms with van der Waals surface area (Å²) in [5.41, 5.74) is 1.00. The summed E-state index contributed by atoms with van der Waals surface area (Å²) in [6.07, 6.45) is 0. The number of benzene rings is 2. The fourth-order valence-corrected chi connectivity index (χ4v) is 4.03. The van der Waals surface area contributed by atoms with Crippen molar-refractivity contribution in [2.24, 2.45) is 10.3 Å². The summed E-state index contributed by atoms with van der Waals surface area (Å²) in [6.45, 7) is 2.38. The Morgan fingerprint density at radius 2 is 1.77 bits per heavy atom. The number of hydrogen-bond acceptors (Lipinski definition) is 11. The van der Waals surface area contributed by atoms with Gasteiger partial charge in [0, 0.05) is 18.2 Å². The molecule has 1 aromatic heterocycles. The third-order valence-electron chi connectivity index (χ3n) is 5.65. The Morgan fingerprint density at radius 1 is 1.03 bits per heavy atom. The molecule has 2 amide bonds. The Morgan fingerprint density at radius 3 is 2.49 bits per heavy atom. The summed E-state index contributed by atoms with van der Waals surface area (Å²) in [5, 5.41) is 13.5. The van der Waals surface area contributed by atoms with Crippen molar-refractivity contribution >= 4 is 17.5 Å².